The topological polar surface area (TPSA) is 68.3 Å². The normalized spacial score (nSPS) is 11.0. The van der Waals surface area contributed by atoms with E-state index < -0.39 is 5.60 Å². The van der Waals surface area contributed by atoms with E-state index in [-0.39, 0.29) is 24.7 Å². The molecule has 0 aliphatic heterocycles. The fraction of sp³-hybridized carbons (Fsp3) is 0.533. The molecule has 20 heavy (non-hydrogen) atoms. The lowest BCUT2D eigenvalue weighted by molar-refractivity contribution is -0.155. The Morgan fingerprint density at radius 2 is 1.95 bits per heavy atom. The zero-order chi connectivity index (χ0) is 15.2. The van der Waals surface area contributed by atoms with Crippen molar-refractivity contribution in [3.05, 3.63) is 29.6 Å². The summed E-state index contributed by atoms with van der Waals surface area (Å²) in [5.74, 6) is -0.541. The Morgan fingerprint density at radius 1 is 1.25 bits per heavy atom. The lowest BCUT2D eigenvalue weighted by Gasteiger charge is -2.19. The Morgan fingerprint density at radius 3 is 2.55 bits per heavy atom. The van der Waals surface area contributed by atoms with Crippen LogP contribution in [0.15, 0.2) is 18.2 Å². The van der Waals surface area contributed by atoms with Gasteiger partial charge in [-0.2, -0.15) is 0 Å². The first-order valence-electron chi connectivity index (χ1n) is 6.67. The highest BCUT2D eigenvalue weighted by Crippen LogP contribution is 2.09. The van der Waals surface area contributed by atoms with E-state index in [1.807, 2.05) is 25.1 Å². The minimum atomic E-state index is -0.515. The maximum atomic E-state index is 11.6. The molecule has 0 bridgehead atoms. The van der Waals surface area contributed by atoms with Crippen molar-refractivity contribution in [1.29, 1.82) is 0 Å². The van der Waals surface area contributed by atoms with Gasteiger partial charge in [-0.1, -0.05) is 6.07 Å². The fourth-order valence-corrected chi connectivity index (χ4v) is 1.58. The van der Waals surface area contributed by atoms with Gasteiger partial charge in [0.2, 0.25) is 5.91 Å². The number of carbonyl (C=O) groups excluding carboxylic acids is 2. The molecule has 1 N–H and O–H groups in total. The van der Waals surface area contributed by atoms with Gasteiger partial charge in [-0.25, -0.2) is 0 Å². The molecule has 0 aliphatic carbocycles. The van der Waals surface area contributed by atoms with Crippen molar-refractivity contribution in [2.45, 2.75) is 52.7 Å². The van der Waals surface area contributed by atoms with Gasteiger partial charge in [-0.05, 0) is 39.8 Å². The van der Waals surface area contributed by atoms with E-state index in [0.717, 1.165) is 11.4 Å². The molecule has 0 aliphatic rings. The van der Waals surface area contributed by atoms with Crippen molar-refractivity contribution >= 4 is 11.9 Å². The summed E-state index contributed by atoms with van der Waals surface area (Å²) in [5, 5.41) is 2.74. The number of aromatic nitrogens is 1. The summed E-state index contributed by atoms with van der Waals surface area (Å²) in [7, 11) is 0. The summed E-state index contributed by atoms with van der Waals surface area (Å²) >= 11 is 0. The summed E-state index contributed by atoms with van der Waals surface area (Å²) < 4.78 is 5.14. The lowest BCUT2D eigenvalue weighted by atomic mass is 10.2. The van der Waals surface area contributed by atoms with Gasteiger partial charge in [-0.3, -0.25) is 14.6 Å². The molecular formula is C15H22N2O3. The molecule has 0 radical (unpaired) electrons. The van der Waals surface area contributed by atoms with Crippen molar-refractivity contribution in [3.63, 3.8) is 0 Å². The maximum absolute atomic E-state index is 11.6. The molecule has 1 heterocycles. The predicted molar refractivity (Wildman–Crippen MR) is 75.9 cm³/mol. The van der Waals surface area contributed by atoms with Gasteiger partial charge >= 0.3 is 5.97 Å². The van der Waals surface area contributed by atoms with Crippen LogP contribution in [0.3, 0.4) is 0 Å². The molecule has 0 fully saturated rings. The highest BCUT2D eigenvalue weighted by Gasteiger charge is 2.16. The summed E-state index contributed by atoms with van der Waals surface area (Å²) in [4.78, 5) is 27.4. The Kier molecular flexibility index (Phi) is 5.67. The van der Waals surface area contributed by atoms with Gasteiger partial charge in [0.1, 0.15) is 5.60 Å². The minimum absolute atomic E-state index is 0.0876. The Balaban J connectivity index is 2.29. The third-order valence-electron chi connectivity index (χ3n) is 2.39. The van der Waals surface area contributed by atoms with Crippen molar-refractivity contribution in [2.75, 3.05) is 0 Å². The Labute approximate surface area is 119 Å². The number of pyridine rings is 1. The standard InChI is InChI=1S/C15H22N2O3/c1-11-6-5-7-12(17-11)10-16-13(18)8-9-14(19)20-15(2,3)4/h5-7H,8-10H2,1-4H3,(H,16,18). The second-order valence-corrected chi connectivity index (χ2v) is 5.63. The molecule has 0 spiro atoms. The molecule has 1 aromatic heterocycles. The number of carbonyl (C=O) groups is 2. The number of nitrogens with zero attached hydrogens (tertiary/aromatic N) is 1. The van der Waals surface area contributed by atoms with E-state index in [1.165, 1.54) is 0 Å². The van der Waals surface area contributed by atoms with Gasteiger partial charge in [0.05, 0.1) is 18.7 Å². The van der Waals surface area contributed by atoms with Gasteiger partial charge in [0.25, 0.3) is 0 Å². The van der Waals surface area contributed by atoms with Crippen LogP contribution in [0.4, 0.5) is 0 Å². The molecule has 0 saturated carbocycles. The molecule has 110 valence electrons. The van der Waals surface area contributed by atoms with Crippen LogP contribution in [-0.4, -0.2) is 22.5 Å². The maximum Gasteiger partial charge on any atom is 0.306 e. The number of ether oxygens (including phenoxy) is 1. The van der Waals surface area contributed by atoms with Gasteiger partial charge in [0, 0.05) is 12.1 Å². The summed E-state index contributed by atoms with van der Waals surface area (Å²) in [6, 6.07) is 5.64. The second-order valence-electron chi connectivity index (χ2n) is 5.63. The molecule has 5 heteroatoms. The number of hydrogen-bond donors (Lipinski definition) is 1. The van der Waals surface area contributed by atoms with E-state index in [4.69, 9.17) is 4.74 Å². The van der Waals surface area contributed by atoms with E-state index in [2.05, 4.69) is 10.3 Å². The first-order chi connectivity index (χ1) is 9.26. The average molecular weight is 278 g/mol. The highest BCUT2D eigenvalue weighted by atomic mass is 16.6. The number of rotatable bonds is 5. The average Bonchev–Trinajstić information content (AvgIpc) is 2.32. The number of esters is 1. The van der Waals surface area contributed by atoms with E-state index in [0.29, 0.717) is 6.54 Å². The summed E-state index contributed by atoms with van der Waals surface area (Å²) in [5.41, 5.74) is 1.19. The summed E-state index contributed by atoms with van der Waals surface area (Å²) in [6.45, 7) is 7.67. The van der Waals surface area contributed by atoms with Crippen LogP contribution in [0.5, 0.6) is 0 Å². The third-order valence-corrected chi connectivity index (χ3v) is 2.39. The SMILES string of the molecule is Cc1cccc(CNC(=O)CCC(=O)OC(C)(C)C)n1. The number of hydrogen-bond acceptors (Lipinski definition) is 4. The van der Waals surface area contributed by atoms with Crippen LogP contribution in [0, 0.1) is 6.92 Å². The van der Waals surface area contributed by atoms with Gasteiger partial charge < -0.3 is 10.1 Å². The van der Waals surface area contributed by atoms with Gasteiger partial charge in [-0.15, -0.1) is 0 Å². The molecule has 0 unspecified atom stereocenters. The van der Waals surface area contributed by atoms with Crippen LogP contribution >= 0.6 is 0 Å². The molecule has 0 aromatic carbocycles. The number of amides is 1. The van der Waals surface area contributed by atoms with Crippen LogP contribution in [0.25, 0.3) is 0 Å². The second kappa shape index (κ2) is 7.03. The summed E-state index contributed by atoms with van der Waals surface area (Å²) in [6.07, 6.45) is 0.213. The van der Waals surface area contributed by atoms with E-state index in [9.17, 15) is 9.59 Å². The Bertz CT molecular complexity index is 478. The van der Waals surface area contributed by atoms with E-state index in [1.54, 1.807) is 20.8 Å². The van der Waals surface area contributed by atoms with Crippen molar-refractivity contribution in [3.8, 4) is 0 Å². The fourth-order valence-electron chi connectivity index (χ4n) is 1.58. The van der Waals surface area contributed by atoms with E-state index >= 15 is 0 Å². The van der Waals surface area contributed by atoms with Gasteiger partial charge in [0.15, 0.2) is 0 Å². The van der Waals surface area contributed by atoms with Crippen LogP contribution in [-0.2, 0) is 20.9 Å². The van der Waals surface area contributed by atoms with Crippen molar-refractivity contribution < 1.29 is 14.3 Å². The largest absolute Gasteiger partial charge is 0.460 e. The molecule has 5 nitrogen and oxygen atoms in total. The van der Waals surface area contributed by atoms with Crippen LogP contribution < -0.4 is 5.32 Å². The van der Waals surface area contributed by atoms with Crippen molar-refractivity contribution in [2.24, 2.45) is 0 Å². The Hall–Kier alpha value is -1.91. The number of aryl methyl sites for hydroxylation is 1. The first kappa shape index (κ1) is 16.1. The number of nitrogens with one attached hydrogen (secondary N) is 1. The smallest absolute Gasteiger partial charge is 0.306 e. The zero-order valence-corrected chi connectivity index (χ0v) is 12.5. The highest BCUT2D eigenvalue weighted by molar-refractivity contribution is 5.81. The monoisotopic (exact) mass is 278 g/mol. The predicted octanol–water partition coefficient (Wildman–Crippen LogP) is 2.13. The first-order valence-corrected chi connectivity index (χ1v) is 6.67. The zero-order valence-electron chi connectivity index (χ0n) is 12.5. The molecule has 1 amide bonds. The molecular weight excluding hydrogens is 256 g/mol. The molecule has 1 rings (SSSR count). The lowest BCUT2D eigenvalue weighted by Crippen LogP contribution is -2.27. The molecule has 1 aromatic rings. The van der Waals surface area contributed by atoms with Crippen LogP contribution in [0.2, 0.25) is 0 Å². The quantitative estimate of drug-likeness (QED) is 0.838. The third kappa shape index (κ3) is 6.87. The molecule has 0 atom stereocenters. The minimum Gasteiger partial charge on any atom is -0.460 e. The molecule has 0 saturated heterocycles. The van der Waals surface area contributed by atoms with Crippen molar-refractivity contribution in [1.82, 2.24) is 10.3 Å². The van der Waals surface area contributed by atoms with Crippen LogP contribution in [0.1, 0.15) is 45.0 Å².